The standard InChI is InChI=1S/C15H18F3N5/c16-15(17,18)11-3-4-14(20-8-11)23-5-1-2-10(9-23)6-12-7-13(19)22-21-12/h3-4,7-8,10H,1-2,5-6,9H2,(H3,19,21,22). The van der Waals surface area contributed by atoms with Crippen LogP contribution in [0.25, 0.3) is 0 Å². The number of hydrogen-bond acceptors (Lipinski definition) is 4. The minimum atomic E-state index is -4.35. The molecule has 124 valence electrons. The predicted molar refractivity (Wildman–Crippen MR) is 80.9 cm³/mol. The molecule has 0 aromatic carbocycles. The number of piperidine rings is 1. The van der Waals surface area contributed by atoms with Gasteiger partial charge in [0.15, 0.2) is 0 Å². The van der Waals surface area contributed by atoms with E-state index in [0.29, 0.717) is 17.6 Å². The van der Waals surface area contributed by atoms with Gasteiger partial charge in [0, 0.05) is 25.4 Å². The van der Waals surface area contributed by atoms with Gasteiger partial charge in [0.05, 0.1) is 11.3 Å². The van der Waals surface area contributed by atoms with Gasteiger partial charge in [-0.3, -0.25) is 5.10 Å². The second-order valence-corrected chi connectivity index (χ2v) is 5.88. The Morgan fingerprint density at radius 1 is 1.35 bits per heavy atom. The second kappa shape index (κ2) is 6.10. The molecular formula is C15H18F3N5. The Hall–Kier alpha value is -2.25. The van der Waals surface area contributed by atoms with E-state index in [1.54, 1.807) is 0 Å². The van der Waals surface area contributed by atoms with Crippen molar-refractivity contribution in [3.05, 3.63) is 35.7 Å². The van der Waals surface area contributed by atoms with Crippen molar-refractivity contribution in [2.75, 3.05) is 23.7 Å². The third-order valence-corrected chi connectivity index (χ3v) is 4.07. The minimum absolute atomic E-state index is 0.385. The number of nitrogens with two attached hydrogens (primary N) is 1. The minimum Gasteiger partial charge on any atom is -0.384 e. The van der Waals surface area contributed by atoms with Crippen LogP contribution in [0.2, 0.25) is 0 Å². The number of anilines is 2. The van der Waals surface area contributed by atoms with Crippen molar-refractivity contribution in [2.45, 2.75) is 25.4 Å². The number of nitrogens with one attached hydrogen (secondary N) is 1. The van der Waals surface area contributed by atoms with Gasteiger partial charge in [-0.15, -0.1) is 0 Å². The molecule has 0 radical (unpaired) electrons. The van der Waals surface area contributed by atoms with E-state index >= 15 is 0 Å². The molecule has 1 fully saturated rings. The molecule has 2 aromatic rings. The number of rotatable bonds is 3. The van der Waals surface area contributed by atoms with Crippen LogP contribution in [0.15, 0.2) is 24.4 Å². The largest absolute Gasteiger partial charge is 0.417 e. The lowest BCUT2D eigenvalue weighted by Crippen LogP contribution is -2.36. The number of nitrogen functional groups attached to an aromatic ring is 1. The number of hydrogen-bond donors (Lipinski definition) is 2. The topological polar surface area (TPSA) is 70.8 Å². The lowest BCUT2D eigenvalue weighted by atomic mass is 9.93. The van der Waals surface area contributed by atoms with E-state index in [-0.39, 0.29) is 0 Å². The molecular weight excluding hydrogens is 307 g/mol. The maximum atomic E-state index is 12.6. The molecule has 1 aliphatic rings. The first kappa shape index (κ1) is 15.6. The summed E-state index contributed by atoms with van der Waals surface area (Å²) in [4.78, 5) is 6.01. The molecule has 5 nitrogen and oxygen atoms in total. The summed E-state index contributed by atoms with van der Waals surface area (Å²) < 4.78 is 37.8. The highest BCUT2D eigenvalue weighted by Gasteiger charge is 2.31. The number of aromatic nitrogens is 3. The van der Waals surface area contributed by atoms with Gasteiger partial charge >= 0.3 is 6.18 Å². The van der Waals surface area contributed by atoms with Crippen molar-refractivity contribution in [2.24, 2.45) is 5.92 Å². The Balaban J connectivity index is 1.66. The molecule has 0 saturated carbocycles. The maximum absolute atomic E-state index is 12.6. The molecule has 3 N–H and O–H groups in total. The molecule has 1 atom stereocenters. The zero-order valence-electron chi connectivity index (χ0n) is 12.5. The summed E-state index contributed by atoms with van der Waals surface area (Å²) in [6.45, 7) is 1.56. The summed E-state index contributed by atoms with van der Waals surface area (Å²) in [5.41, 5.74) is 5.81. The summed E-state index contributed by atoms with van der Waals surface area (Å²) in [7, 11) is 0. The van der Waals surface area contributed by atoms with Crippen LogP contribution >= 0.6 is 0 Å². The number of pyridine rings is 1. The van der Waals surface area contributed by atoms with Gasteiger partial charge in [-0.2, -0.15) is 18.3 Å². The van der Waals surface area contributed by atoms with E-state index in [1.807, 2.05) is 11.0 Å². The molecule has 23 heavy (non-hydrogen) atoms. The first-order chi connectivity index (χ1) is 10.9. The molecule has 0 amide bonds. The highest BCUT2D eigenvalue weighted by molar-refractivity contribution is 5.40. The lowest BCUT2D eigenvalue weighted by Gasteiger charge is -2.33. The van der Waals surface area contributed by atoms with Gasteiger partial charge in [-0.1, -0.05) is 0 Å². The van der Waals surface area contributed by atoms with Crippen molar-refractivity contribution in [3.8, 4) is 0 Å². The monoisotopic (exact) mass is 325 g/mol. The second-order valence-electron chi connectivity index (χ2n) is 5.88. The van der Waals surface area contributed by atoms with Crippen LogP contribution in [0.1, 0.15) is 24.1 Å². The molecule has 0 spiro atoms. The van der Waals surface area contributed by atoms with Crippen LogP contribution in [0.3, 0.4) is 0 Å². The summed E-state index contributed by atoms with van der Waals surface area (Å²) in [6, 6.07) is 4.34. The highest BCUT2D eigenvalue weighted by atomic mass is 19.4. The smallest absolute Gasteiger partial charge is 0.384 e. The number of halogens is 3. The summed E-state index contributed by atoms with van der Waals surface area (Å²) in [6.07, 6.45) is -0.620. The van der Waals surface area contributed by atoms with Crippen molar-refractivity contribution >= 4 is 11.6 Å². The van der Waals surface area contributed by atoms with E-state index < -0.39 is 11.7 Å². The maximum Gasteiger partial charge on any atom is 0.417 e. The molecule has 2 aromatic heterocycles. The Morgan fingerprint density at radius 2 is 2.17 bits per heavy atom. The fourth-order valence-corrected chi connectivity index (χ4v) is 2.96. The van der Waals surface area contributed by atoms with Crippen molar-refractivity contribution in [1.82, 2.24) is 15.2 Å². The Kier molecular flexibility index (Phi) is 4.14. The normalized spacial score (nSPS) is 19.1. The van der Waals surface area contributed by atoms with Gasteiger partial charge < -0.3 is 10.6 Å². The molecule has 8 heteroatoms. The van der Waals surface area contributed by atoms with E-state index in [2.05, 4.69) is 15.2 Å². The van der Waals surface area contributed by atoms with Gasteiger partial charge in [-0.05, 0) is 37.3 Å². The van der Waals surface area contributed by atoms with Crippen LogP contribution < -0.4 is 10.6 Å². The summed E-state index contributed by atoms with van der Waals surface area (Å²) in [5, 5.41) is 6.85. The van der Waals surface area contributed by atoms with Gasteiger partial charge in [0.2, 0.25) is 0 Å². The number of aromatic amines is 1. The van der Waals surface area contributed by atoms with E-state index in [9.17, 15) is 13.2 Å². The van der Waals surface area contributed by atoms with Crippen LogP contribution in [0.4, 0.5) is 24.8 Å². The van der Waals surface area contributed by atoms with Gasteiger partial charge in [-0.25, -0.2) is 4.98 Å². The lowest BCUT2D eigenvalue weighted by molar-refractivity contribution is -0.137. The van der Waals surface area contributed by atoms with Crippen LogP contribution in [-0.4, -0.2) is 28.3 Å². The van der Waals surface area contributed by atoms with Gasteiger partial charge in [0.1, 0.15) is 11.6 Å². The van der Waals surface area contributed by atoms with E-state index in [4.69, 9.17) is 5.73 Å². The van der Waals surface area contributed by atoms with Crippen molar-refractivity contribution in [3.63, 3.8) is 0 Å². The quantitative estimate of drug-likeness (QED) is 0.910. The first-order valence-corrected chi connectivity index (χ1v) is 7.50. The average molecular weight is 325 g/mol. The molecule has 1 unspecified atom stereocenters. The van der Waals surface area contributed by atoms with E-state index in [1.165, 1.54) is 6.07 Å². The average Bonchev–Trinajstić information content (AvgIpc) is 2.92. The number of H-pyrrole nitrogens is 1. The highest BCUT2D eigenvalue weighted by Crippen LogP contribution is 2.30. The van der Waals surface area contributed by atoms with Crippen LogP contribution in [0.5, 0.6) is 0 Å². The Bertz CT molecular complexity index is 650. The van der Waals surface area contributed by atoms with Gasteiger partial charge in [0.25, 0.3) is 0 Å². The molecule has 1 saturated heterocycles. The molecule has 3 heterocycles. The Labute approximate surface area is 131 Å². The number of alkyl halides is 3. The summed E-state index contributed by atoms with van der Waals surface area (Å²) >= 11 is 0. The zero-order chi connectivity index (χ0) is 16.4. The predicted octanol–water partition coefficient (Wildman–Crippen LogP) is 2.86. The summed E-state index contributed by atoms with van der Waals surface area (Å²) in [5.74, 6) is 1.51. The van der Waals surface area contributed by atoms with Crippen molar-refractivity contribution in [1.29, 1.82) is 0 Å². The van der Waals surface area contributed by atoms with Crippen LogP contribution in [0, 0.1) is 5.92 Å². The fraction of sp³-hybridized carbons (Fsp3) is 0.467. The fourth-order valence-electron chi connectivity index (χ4n) is 2.96. The molecule has 0 bridgehead atoms. The zero-order valence-corrected chi connectivity index (χ0v) is 12.5. The number of nitrogens with zero attached hydrogens (tertiary/aromatic N) is 3. The first-order valence-electron chi connectivity index (χ1n) is 7.50. The Morgan fingerprint density at radius 3 is 2.78 bits per heavy atom. The SMILES string of the molecule is Nc1cc(CC2CCCN(c3ccc(C(F)(F)F)cn3)C2)n[nH]1. The van der Waals surface area contributed by atoms with E-state index in [0.717, 1.165) is 50.3 Å². The molecule has 1 aliphatic heterocycles. The van der Waals surface area contributed by atoms with Crippen LogP contribution in [-0.2, 0) is 12.6 Å². The molecule has 0 aliphatic carbocycles. The third-order valence-electron chi connectivity index (χ3n) is 4.07. The molecule has 3 rings (SSSR count). The third kappa shape index (κ3) is 3.75. The van der Waals surface area contributed by atoms with Crippen molar-refractivity contribution < 1.29 is 13.2 Å².